The molecule has 0 unspecified atom stereocenters. The van der Waals surface area contributed by atoms with Crippen LogP contribution in [0.2, 0.25) is 0 Å². The number of ether oxygens (including phenoxy) is 1. The molecule has 1 saturated carbocycles. The summed E-state index contributed by atoms with van der Waals surface area (Å²) >= 11 is 0. The molecule has 0 spiro atoms. The van der Waals surface area contributed by atoms with E-state index in [1.807, 2.05) is 0 Å². The van der Waals surface area contributed by atoms with Crippen LogP contribution in [0.4, 0.5) is 0 Å². The van der Waals surface area contributed by atoms with E-state index in [0.29, 0.717) is 18.6 Å². The molecule has 118 valence electrons. The van der Waals surface area contributed by atoms with Crippen molar-refractivity contribution in [3.63, 3.8) is 0 Å². The topological polar surface area (TPSA) is 60.2 Å². The molecular weight excluding hydrogens is 266 g/mol. The fourth-order valence-electron chi connectivity index (χ4n) is 3.35. The van der Waals surface area contributed by atoms with E-state index in [-0.39, 0.29) is 0 Å². The van der Waals surface area contributed by atoms with Crippen LogP contribution in [-0.2, 0) is 11.2 Å². The Balaban J connectivity index is 1.43. The summed E-state index contributed by atoms with van der Waals surface area (Å²) in [6.07, 6.45) is 11.1. The normalized spacial score (nSPS) is 22.3. The minimum absolute atomic E-state index is 0.399. The van der Waals surface area contributed by atoms with Crippen LogP contribution in [0.25, 0.3) is 0 Å². The second-order valence-corrected chi connectivity index (χ2v) is 6.30. The van der Waals surface area contributed by atoms with Crippen molar-refractivity contribution in [1.82, 2.24) is 15.5 Å². The molecule has 21 heavy (non-hydrogen) atoms. The van der Waals surface area contributed by atoms with Crippen LogP contribution in [0.1, 0.15) is 69.0 Å². The van der Waals surface area contributed by atoms with Gasteiger partial charge in [0, 0.05) is 5.92 Å². The van der Waals surface area contributed by atoms with E-state index in [0.717, 1.165) is 44.1 Å². The monoisotopic (exact) mass is 293 g/mol. The lowest BCUT2D eigenvalue weighted by molar-refractivity contribution is 0.0322. The summed E-state index contributed by atoms with van der Waals surface area (Å²) in [7, 11) is 0. The lowest BCUT2D eigenvalue weighted by atomic mass is 10.00. The molecule has 2 fully saturated rings. The molecule has 1 N–H and O–H groups in total. The highest BCUT2D eigenvalue weighted by atomic mass is 16.5. The maximum atomic E-state index is 5.89. The molecule has 3 rings (SSSR count). The highest BCUT2D eigenvalue weighted by molar-refractivity contribution is 4.96. The van der Waals surface area contributed by atoms with Crippen LogP contribution < -0.4 is 5.32 Å². The van der Waals surface area contributed by atoms with Gasteiger partial charge in [0.05, 0.1) is 19.1 Å². The van der Waals surface area contributed by atoms with E-state index in [1.54, 1.807) is 0 Å². The highest BCUT2D eigenvalue weighted by Crippen LogP contribution is 2.29. The predicted octanol–water partition coefficient (Wildman–Crippen LogP) is 2.82. The molecule has 0 bridgehead atoms. The van der Waals surface area contributed by atoms with Crippen LogP contribution >= 0.6 is 0 Å². The molecule has 0 atom stereocenters. The van der Waals surface area contributed by atoms with E-state index < -0.39 is 0 Å². The summed E-state index contributed by atoms with van der Waals surface area (Å²) in [6, 6.07) is 0. The zero-order valence-corrected chi connectivity index (χ0v) is 12.9. The average Bonchev–Trinajstić information content (AvgIpc) is 2.82. The molecule has 2 aliphatic rings. The summed E-state index contributed by atoms with van der Waals surface area (Å²) in [5, 5.41) is 7.54. The van der Waals surface area contributed by atoms with Gasteiger partial charge in [-0.05, 0) is 38.8 Å². The average molecular weight is 293 g/mol. The summed E-state index contributed by atoms with van der Waals surface area (Å²) in [6.45, 7) is 2.82. The molecule has 1 saturated heterocycles. The molecule has 1 aliphatic carbocycles. The number of hydrogen-bond donors (Lipinski definition) is 1. The highest BCUT2D eigenvalue weighted by Gasteiger charge is 2.20. The number of rotatable bonds is 5. The third-order valence-corrected chi connectivity index (χ3v) is 4.66. The van der Waals surface area contributed by atoms with Gasteiger partial charge in [0.2, 0.25) is 5.89 Å². The van der Waals surface area contributed by atoms with E-state index in [2.05, 4.69) is 15.5 Å². The van der Waals surface area contributed by atoms with Crippen molar-refractivity contribution in [2.75, 3.05) is 19.7 Å². The van der Waals surface area contributed by atoms with Crippen LogP contribution in [-0.4, -0.2) is 35.9 Å². The summed E-state index contributed by atoms with van der Waals surface area (Å²) in [5.41, 5.74) is 0. The second kappa shape index (κ2) is 7.90. The molecule has 5 nitrogen and oxygen atoms in total. The quantitative estimate of drug-likeness (QED) is 0.846. The lowest BCUT2D eigenvalue weighted by Crippen LogP contribution is -2.32. The van der Waals surface area contributed by atoms with Crippen LogP contribution in [0, 0.1) is 0 Å². The fraction of sp³-hybridized carbons (Fsp3) is 0.875. The Morgan fingerprint density at radius 3 is 2.57 bits per heavy atom. The summed E-state index contributed by atoms with van der Waals surface area (Å²) < 4.78 is 11.3. The molecule has 0 radical (unpaired) electrons. The maximum absolute atomic E-state index is 5.89. The van der Waals surface area contributed by atoms with Gasteiger partial charge < -0.3 is 14.6 Å². The minimum Gasteiger partial charge on any atom is -0.378 e. The molecule has 1 aliphatic heterocycles. The third kappa shape index (κ3) is 4.51. The van der Waals surface area contributed by atoms with Gasteiger partial charge in [-0.15, -0.1) is 0 Å². The molecule has 1 aromatic heterocycles. The van der Waals surface area contributed by atoms with Crippen molar-refractivity contribution >= 4 is 0 Å². The Hall–Kier alpha value is -0.940. The Morgan fingerprint density at radius 1 is 1.05 bits per heavy atom. The number of nitrogens with zero attached hydrogens (tertiary/aromatic N) is 2. The first kappa shape index (κ1) is 15.0. The SMILES string of the molecule is C1CCCC(c2noc(CCOC3CCNCC3)n2)CC1. The third-order valence-electron chi connectivity index (χ3n) is 4.66. The fourth-order valence-corrected chi connectivity index (χ4v) is 3.35. The van der Waals surface area contributed by atoms with Gasteiger partial charge >= 0.3 is 0 Å². The first-order valence-corrected chi connectivity index (χ1v) is 8.56. The first-order chi connectivity index (χ1) is 10.4. The van der Waals surface area contributed by atoms with Crippen LogP contribution in [0.3, 0.4) is 0 Å². The van der Waals surface area contributed by atoms with Crippen LogP contribution in [0.15, 0.2) is 4.52 Å². The van der Waals surface area contributed by atoms with Crippen molar-refractivity contribution in [2.24, 2.45) is 0 Å². The minimum atomic E-state index is 0.399. The van der Waals surface area contributed by atoms with E-state index in [4.69, 9.17) is 9.26 Å². The van der Waals surface area contributed by atoms with Gasteiger partial charge in [0.25, 0.3) is 0 Å². The maximum Gasteiger partial charge on any atom is 0.228 e. The Morgan fingerprint density at radius 2 is 1.81 bits per heavy atom. The van der Waals surface area contributed by atoms with Crippen molar-refractivity contribution < 1.29 is 9.26 Å². The van der Waals surface area contributed by atoms with E-state index >= 15 is 0 Å². The zero-order valence-electron chi connectivity index (χ0n) is 12.9. The summed E-state index contributed by atoms with van der Waals surface area (Å²) in [4.78, 5) is 4.59. The van der Waals surface area contributed by atoms with Crippen molar-refractivity contribution in [1.29, 1.82) is 0 Å². The molecular formula is C16H27N3O2. The smallest absolute Gasteiger partial charge is 0.228 e. The van der Waals surface area contributed by atoms with Gasteiger partial charge in [0.15, 0.2) is 5.82 Å². The van der Waals surface area contributed by atoms with E-state index in [1.165, 1.54) is 38.5 Å². The van der Waals surface area contributed by atoms with E-state index in [9.17, 15) is 0 Å². The van der Waals surface area contributed by atoms with Gasteiger partial charge in [-0.25, -0.2) is 0 Å². The number of piperidine rings is 1. The van der Waals surface area contributed by atoms with Gasteiger partial charge in [-0.1, -0.05) is 30.8 Å². The number of nitrogens with one attached hydrogen (secondary N) is 1. The van der Waals surface area contributed by atoms with Crippen molar-refractivity contribution in [3.8, 4) is 0 Å². The second-order valence-electron chi connectivity index (χ2n) is 6.30. The molecule has 0 aromatic carbocycles. The Labute approximate surface area is 126 Å². The largest absolute Gasteiger partial charge is 0.378 e. The summed E-state index contributed by atoms with van der Waals surface area (Å²) in [5.74, 6) is 2.17. The number of aromatic nitrogens is 2. The van der Waals surface area contributed by atoms with Crippen molar-refractivity contribution in [3.05, 3.63) is 11.7 Å². The number of hydrogen-bond acceptors (Lipinski definition) is 5. The first-order valence-electron chi connectivity index (χ1n) is 8.56. The van der Waals surface area contributed by atoms with Gasteiger partial charge in [-0.3, -0.25) is 0 Å². The Bertz CT molecular complexity index is 407. The zero-order chi connectivity index (χ0) is 14.3. The van der Waals surface area contributed by atoms with Crippen LogP contribution in [0.5, 0.6) is 0 Å². The Kier molecular flexibility index (Phi) is 5.63. The standard InChI is InChI=1S/C16H27N3O2/c1-2-4-6-13(5-3-1)16-18-15(21-19-16)9-12-20-14-7-10-17-11-8-14/h13-14,17H,1-12H2. The van der Waals surface area contributed by atoms with Crippen molar-refractivity contribution in [2.45, 2.75) is 69.8 Å². The predicted molar refractivity (Wildman–Crippen MR) is 80.3 cm³/mol. The molecule has 5 heteroatoms. The van der Waals surface area contributed by atoms with Gasteiger partial charge in [0.1, 0.15) is 0 Å². The molecule has 2 heterocycles. The molecule has 0 amide bonds. The molecule has 1 aromatic rings. The lowest BCUT2D eigenvalue weighted by Gasteiger charge is -2.22. The van der Waals surface area contributed by atoms with Gasteiger partial charge in [-0.2, -0.15) is 4.98 Å².